The second-order valence-corrected chi connectivity index (χ2v) is 12.2. The van der Waals surface area contributed by atoms with Crippen LogP contribution in [0.2, 0.25) is 0 Å². The molecule has 250 valence electrons. The summed E-state index contributed by atoms with van der Waals surface area (Å²) in [4.78, 5) is 52.1. The monoisotopic (exact) mass is 653 g/mol. The molecule has 8 atom stereocenters. The lowest BCUT2D eigenvalue weighted by Gasteiger charge is -2.61. The number of nitrogens with zero attached hydrogens (tertiary/aromatic N) is 1. The number of aliphatic hydroxyl groups is 3. The zero-order chi connectivity index (χ0) is 33.8. The van der Waals surface area contributed by atoms with Crippen LogP contribution in [0, 0.1) is 0 Å². The third-order valence-corrected chi connectivity index (χ3v) is 9.74. The van der Waals surface area contributed by atoms with Crippen LogP contribution in [0.25, 0.3) is 0 Å². The molecule has 1 fully saturated rings. The summed E-state index contributed by atoms with van der Waals surface area (Å²) in [5.74, 6) is -4.80. The number of aliphatic hydroxyl groups excluding tert-OH is 2. The molecule has 1 saturated heterocycles. The van der Waals surface area contributed by atoms with Crippen LogP contribution < -0.4 is 9.47 Å². The first-order valence-electron chi connectivity index (χ1n) is 15.1. The van der Waals surface area contributed by atoms with Crippen molar-refractivity contribution in [2.24, 2.45) is 0 Å². The van der Waals surface area contributed by atoms with E-state index in [2.05, 4.69) is 4.90 Å². The number of hydrogen-bond acceptors (Lipinski definition) is 13. The van der Waals surface area contributed by atoms with Crippen LogP contribution in [0.5, 0.6) is 11.5 Å². The first-order valence-corrected chi connectivity index (χ1v) is 15.1. The van der Waals surface area contributed by atoms with E-state index in [1.807, 2.05) is 13.1 Å². The van der Waals surface area contributed by atoms with E-state index in [-0.39, 0.29) is 23.8 Å². The maximum absolute atomic E-state index is 13.1. The predicted molar refractivity (Wildman–Crippen MR) is 158 cm³/mol. The molecule has 2 aliphatic carbocycles. The average Bonchev–Trinajstić information content (AvgIpc) is 3.41. The number of likely N-dealkylation sites (tertiary alicyclic amines) is 1. The fourth-order valence-electron chi connectivity index (χ4n) is 7.41. The summed E-state index contributed by atoms with van der Waals surface area (Å²) < 4.78 is 27.4. The van der Waals surface area contributed by atoms with Crippen molar-refractivity contribution in [3.05, 3.63) is 71.0 Å². The van der Waals surface area contributed by atoms with Gasteiger partial charge in [0.2, 0.25) is 6.10 Å². The number of benzene rings is 2. The predicted octanol–water partition coefficient (Wildman–Crippen LogP) is 0.539. The van der Waals surface area contributed by atoms with Gasteiger partial charge < -0.3 is 49.0 Å². The number of esters is 3. The molecule has 4 N–H and O–H groups in total. The Morgan fingerprint density at radius 1 is 1.00 bits per heavy atom. The molecule has 2 heterocycles. The summed E-state index contributed by atoms with van der Waals surface area (Å²) >= 11 is 0. The molecule has 0 amide bonds. The molecule has 6 rings (SSSR count). The Labute approximate surface area is 269 Å². The summed E-state index contributed by atoms with van der Waals surface area (Å²) in [6, 6.07) is 11.1. The number of methoxy groups -OCH3 is 1. The molecule has 14 nitrogen and oxygen atoms in total. The second kappa shape index (κ2) is 11.9. The molecular weight excluding hydrogens is 618 g/mol. The first kappa shape index (κ1) is 32.4. The van der Waals surface area contributed by atoms with Gasteiger partial charge in [-0.1, -0.05) is 36.4 Å². The number of carbonyl (C=O) groups excluding carboxylic acids is 3. The van der Waals surface area contributed by atoms with E-state index in [1.165, 1.54) is 25.3 Å². The largest absolute Gasteiger partial charge is 0.493 e. The maximum atomic E-state index is 13.1. The fourth-order valence-corrected chi connectivity index (χ4v) is 7.41. The third kappa shape index (κ3) is 5.03. The number of piperidine rings is 1. The number of ether oxygens (including phenoxy) is 5. The van der Waals surface area contributed by atoms with Gasteiger partial charge in [-0.05, 0) is 51.1 Å². The van der Waals surface area contributed by atoms with Gasteiger partial charge in [0.25, 0.3) is 0 Å². The van der Waals surface area contributed by atoms with E-state index in [0.29, 0.717) is 30.9 Å². The summed E-state index contributed by atoms with van der Waals surface area (Å²) in [5.41, 5.74) is -0.358. The second-order valence-electron chi connectivity index (χ2n) is 12.2. The van der Waals surface area contributed by atoms with Gasteiger partial charge in [0.15, 0.2) is 35.9 Å². The summed E-state index contributed by atoms with van der Waals surface area (Å²) in [6.07, 6.45) is -6.65. The van der Waals surface area contributed by atoms with Crippen LogP contribution in [0.3, 0.4) is 0 Å². The van der Waals surface area contributed by atoms with Crippen LogP contribution in [0.1, 0.15) is 42.6 Å². The van der Waals surface area contributed by atoms with E-state index in [4.69, 9.17) is 23.7 Å². The van der Waals surface area contributed by atoms with Gasteiger partial charge in [-0.2, -0.15) is 0 Å². The van der Waals surface area contributed by atoms with Crippen LogP contribution in [0.4, 0.5) is 0 Å². The van der Waals surface area contributed by atoms with Crippen molar-refractivity contribution in [1.29, 1.82) is 0 Å². The van der Waals surface area contributed by atoms with Gasteiger partial charge in [-0.25, -0.2) is 19.2 Å². The van der Waals surface area contributed by atoms with Crippen LogP contribution in [-0.4, -0.2) is 106 Å². The first-order chi connectivity index (χ1) is 22.3. The standard InChI is InChI=1S/C33H35NO13/c1-16(29(39)47-25(28(37)38)17-7-5-4-6-8-17)44-30(40)23(35)24(36)31(41)45-20-11-12-33(42)21-15-18-9-10-19(43-3)26-22(18)32(33,27(20)46-26)13-14-34(21)2/h4-11,16,21,23-25,27,35-36,42H,12-15H2,1-3H3,(H,37,38)/t16-,21-,23+,24+,25-,27+,32+,33-/m0/s1. The molecular formula is C33H35NO13. The SMILES string of the molecule is COc1ccc2c3c1O[C@@H]1C(OC(=O)[C@H](O)[C@@H](O)C(=O)O[C@@H](C)C(=O)O[C@H](C(=O)O)c4ccccc4)=CC[C@]4(O)[C@H](C2)N(C)CC[C@@]314. The van der Waals surface area contributed by atoms with Crippen LogP contribution in [0.15, 0.2) is 54.3 Å². The topological polar surface area (TPSA) is 199 Å². The minimum atomic E-state index is -2.47. The molecule has 0 unspecified atom stereocenters. The van der Waals surface area contributed by atoms with E-state index in [1.54, 1.807) is 24.3 Å². The number of carboxylic acid groups (broad SMARTS) is 1. The number of aliphatic carboxylic acids is 1. The lowest BCUT2D eigenvalue weighted by atomic mass is 9.50. The Bertz CT molecular complexity index is 1640. The summed E-state index contributed by atoms with van der Waals surface area (Å²) in [6.45, 7) is 1.70. The van der Waals surface area contributed by atoms with E-state index < -0.39 is 65.4 Å². The lowest BCUT2D eigenvalue weighted by molar-refractivity contribution is -0.186. The number of carbonyl (C=O) groups is 4. The fraction of sp³-hybridized carbons (Fsp3) is 0.455. The van der Waals surface area contributed by atoms with Crippen molar-refractivity contribution in [3.63, 3.8) is 0 Å². The Balaban J connectivity index is 1.16. The van der Waals surface area contributed by atoms with Crippen molar-refractivity contribution in [1.82, 2.24) is 4.90 Å². The molecule has 1 spiro atoms. The summed E-state index contributed by atoms with van der Waals surface area (Å²) in [5, 5.41) is 42.9. The van der Waals surface area contributed by atoms with Gasteiger partial charge >= 0.3 is 23.9 Å². The molecule has 2 aromatic rings. The minimum absolute atomic E-state index is 0.00808. The van der Waals surface area contributed by atoms with Gasteiger partial charge in [0.1, 0.15) is 5.76 Å². The number of likely N-dealkylation sites (N-methyl/N-ethyl adjacent to an activating group) is 1. The van der Waals surface area contributed by atoms with Crippen molar-refractivity contribution in [2.75, 3.05) is 20.7 Å². The molecule has 4 aliphatic rings. The van der Waals surface area contributed by atoms with Crippen molar-refractivity contribution < 1.29 is 63.3 Å². The minimum Gasteiger partial charge on any atom is -0.493 e. The molecule has 2 aliphatic heterocycles. The highest BCUT2D eigenvalue weighted by Gasteiger charge is 2.72. The number of carboxylic acids is 1. The normalized spacial score (nSPS) is 27.9. The van der Waals surface area contributed by atoms with Crippen molar-refractivity contribution in [3.8, 4) is 11.5 Å². The van der Waals surface area contributed by atoms with Gasteiger partial charge in [0.05, 0.1) is 18.1 Å². The highest BCUT2D eigenvalue weighted by atomic mass is 16.6. The quantitative estimate of drug-likeness (QED) is 0.205. The number of hydrogen-bond donors (Lipinski definition) is 4. The van der Waals surface area contributed by atoms with Gasteiger partial charge in [-0.15, -0.1) is 0 Å². The Kier molecular flexibility index (Phi) is 8.24. The molecule has 0 radical (unpaired) electrons. The third-order valence-electron chi connectivity index (χ3n) is 9.74. The molecule has 2 aromatic carbocycles. The lowest BCUT2D eigenvalue weighted by Crippen LogP contribution is -2.74. The Morgan fingerprint density at radius 3 is 2.38 bits per heavy atom. The van der Waals surface area contributed by atoms with E-state index in [0.717, 1.165) is 18.1 Å². The number of rotatable bonds is 10. The van der Waals surface area contributed by atoms with E-state index >= 15 is 0 Å². The highest BCUT2D eigenvalue weighted by molar-refractivity contribution is 5.88. The maximum Gasteiger partial charge on any atom is 0.349 e. The van der Waals surface area contributed by atoms with Crippen molar-refractivity contribution in [2.45, 2.75) is 73.8 Å². The van der Waals surface area contributed by atoms with E-state index in [9.17, 15) is 39.6 Å². The Morgan fingerprint density at radius 2 is 1.70 bits per heavy atom. The Hall–Kier alpha value is -4.50. The molecule has 0 saturated carbocycles. The van der Waals surface area contributed by atoms with Gasteiger partial charge in [-0.3, -0.25) is 0 Å². The van der Waals surface area contributed by atoms with Crippen LogP contribution >= 0.6 is 0 Å². The van der Waals surface area contributed by atoms with Crippen LogP contribution in [-0.2, 0) is 45.2 Å². The molecule has 0 aromatic heterocycles. The molecule has 2 bridgehead atoms. The highest BCUT2D eigenvalue weighted by Crippen LogP contribution is 2.65. The zero-order valence-electron chi connectivity index (χ0n) is 25.8. The van der Waals surface area contributed by atoms with Crippen molar-refractivity contribution >= 4 is 23.9 Å². The molecule has 14 heteroatoms. The average molecular weight is 654 g/mol. The zero-order valence-corrected chi connectivity index (χ0v) is 25.8. The smallest absolute Gasteiger partial charge is 0.349 e. The van der Waals surface area contributed by atoms with Gasteiger partial charge in [0, 0.05) is 23.6 Å². The molecule has 47 heavy (non-hydrogen) atoms. The summed E-state index contributed by atoms with van der Waals surface area (Å²) in [7, 11) is 3.44.